The standard InChI is InChI=1S/C21H24N2O4S2/c1-4-15-5-7-16(8-6-15)22-20(24)11-13(2)29(26,27)17-9-10-19-18(12-17)23-21(25)14(3)28-19/h5-10,12-14H,4,11H2,1-3H3,(H,22,24)(H,23,25)/t13-,14+/m1/s1. The lowest BCUT2D eigenvalue weighted by molar-refractivity contribution is -0.116. The van der Waals surface area contributed by atoms with Crippen molar-refractivity contribution in [1.82, 2.24) is 0 Å². The van der Waals surface area contributed by atoms with Crippen molar-refractivity contribution in [3.63, 3.8) is 0 Å². The summed E-state index contributed by atoms with van der Waals surface area (Å²) < 4.78 is 25.9. The molecular formula is C21H24N2O4S2. The number of hydrogen-bond donors (Lipinski definition) is 2. The van der Waals surface area contributed by atoms with Gasteiger partial charge in [0.1, 0.15) is 0 Å². The lowest BCUT2D eigenvalue weighted by Crippen LogP contribution is -2.27. The predicted molar refractivity (Wildman–Crippen MR) is 116 cm³/mol. The van der Waals surface area contributed by atoms with Crippen LogP contribution in [0.1, 0.15) is 32.8 Å². The number of amides is 2. The molecule has 0 unspecified atom stereocenters. The van der Waals surface area contributed by atoms with Crippen molar-refractivity contribution in [2.75, 3.05) is 10.6 Å². The van der Waals surface area contributed by atoms with Crippen LogP contribution in [0.2, 0.25) is 0 Å². The number of fused-ring (bicyclic) bond motifs is 1. The van der Waals surface area contributed by atoms with E-state index < -0.39 is 15.1 Å². The minimum absolute atomic E-state index is 0.0966. The maximum Gasteiger partial charge on any atom is 0.237 e. The zero-order chi connectivity index (χ0) is 21.2. The quantitative estimate of drug-likeness (QED) is 0.723. The Balaban J connectivity index is 1.71. The minimum Gasteiger partial charge on any atom is -0.326 e. The molecule has 0 saturated carbocycles. The molecule has 2 aromatic carbocycles. The number of carbonyl (C=O) groups excluding carboxylic acids is 2. The van der Waals surface area contributed by atoms with Crippen molar-refractivity contribution in [3.05, 3.63) is 48.0 Å². The highest BCUT2D eigenvalue weighted by Gasteiger charge is 2.29. The molecule has 29 heavy (non-hydrogen) atoms. The van der Waals surface area contributed by atoms with Gasteiger partial charge in [0.25, 0.3) is 0 Å². The smallest absolute Gasteiger partial charge is 0.237 e. The number of thioether (sulfide) groups is 1. The Bertz CT molecular complexity index is 1030. The fourth-order valence-corrected chi connectivity index (χ4v) is 5.31. The molecule has 0 saturated heterocycles. The van der Waals surface area contributed by atoms with Crippen LogP contribution in [-0.2, 0) is 25.8 Å². The highest BCUT2D eigenvalue weighted by Crippen LogP contribution is 2.37. The lowest BCUT2D eigenvalue weighted by atomic mass is 10.1. The molecule has 1 heterocycles. The summed E-state index contributed by atoms with van der Waals surface area (Å²) in [6.45, 7) is 5.36. The molecule has 0 fully saturated rings. The van der Waals surface area contributed by atoms with Gasteiger partial charge in [0.2, 0.25) is 11.8 Å². The fourth-order valence-electron chi connectivity index (χ4n) is 3.00. The van der Waals surface area contributed by atoms with Gasteiger partial charge in [0.15, 0.2) is 9.84 Å². The third-order valence-electron chi connectivity index (χ3n) is 4.86. The number of benzene rings is 2. The SMILES string of the molecule is CCc1ccc(NC(=O)C[C@@H](C)S(=O)(=O)c2ccc3c(c2)NC(=O)[C@H](C)S3)cc1. The van der Waals surface area contributed by atoms with Gasteiger partial charge in [0.05, 0.1) is 21.1 Å². The molecule has 2 aromatic rings. The monoisotopic (exact) mass is 432 g/mol. The van der Waals surface area contributed by atoms with E-state index in [2.05, 4.69) is 10.6 Å². The van der Waals surface area contributed by atoms with E-state index in [9.17, 15) is 18.0 Å². The zero-order valence-corrected chi connectivity index (χ0v) is 18.2. The summed E-state index contributed by atoms with van der Waals surface area (Å²) in [6, 6.07) is 12.2. The normalized spacial score (nSPS) is 17.2. The molecule has 0 bridgehead atoms. The van der Waals surface area contributed by atoms with Gasteiger partial charge >= 0.3 is 0 Å². The van der Waals surface area contributed by atoms with Gasteiger partial charge in [0, 0.05) is 17.0 Å². The minimum atomic E-state index is -3.72. The van der Waals surface area contributed by atoms with Crippen molar-refractivity contribution < 1.29 is 18.0 Å². The van der Waals surface area contributed by atoms with E-state index in [1.165, 1.54) is 30.8 Å². The van der Waals surface area contributed by atoms with Crippen molar-refractivity contribution in [3.8, 4) is 0 Å². The molecule has 2 atom stereocenters. The molecule has 154 valence electrons. The Morgan fingerprint density at radius 1 is 1.21 bits per heavy atom. The van der Waals surface area contributed by atoms with Gasteiger partial charge in [-0.2, -0.15) is 0 Å². The average Bonchev–Trinajstić information content (AvgIpc) is 2.69. The van der Waals surface area contributed by atoms with E-state index in [0.717, 1.165) is 16.9 Å². The Labute approximate surface area is 175 Å². The summed E-state index contributed by atoms with van der Waals surface area (Å²) >= 11 is 1.39. The predicted octanol–water partition coefficient (Wildman–Crippen LogP) is 3.87. The number of carbonyl (C=O) groups is 2. The number of nitrogens with one attached hydrogen (secondary N) is 2. The van der Waals surface area contributed by atoms with E-state index in [0.29, 0.717) is 11.4 Å². The molecular weight excluding hydrogens is 408 g/mol. The molecule has 2 amide bonds. The van der Waals surface area contributed by atoms with E-state index in [-0.39, 0.29) is 28.4 Å². The highest BCUT2D eigenvalue weighted by atomic mass is 32.2. The number of sulfone groups is 1. The number of aryl methyl sites for hydroxylation is 1. The largest absolute Gasteiger partial charge is 0.326 e. The topological polar surface area (TPSA) is 92.3 Å². The van der Waals surface area contributed by atoms with Crippen LogP contribution in [0.5, 0.6) is 0 Å². The highest BCUT2D eigenvalue weighted by molar-refractivity contribution is 8.01. The van der Waals surface area contributed by atoms with E-state index >= 15 is 0 Å². The van der Waals surface area contributed by atoms with Gasteiger partial charge < -0.3 is 10.6 Å². The van der Waals surface area contributed by atoms with Gasteiger partial charge in [-0.05, 0) is 56.2 Å². The first kappa shape index (κ1) is 21.4. The van der Waals surface area contributed by atoms with Crippen LogP contribution in [0.25, 0.3) is 0 Å². The second-order valence-electron chi connectivity index (χ2n) is 7.07. The third-order valence-corrected chi connectivity index (χ3v) is 8.17. The average molecular weight is 433 g/mol. The van der Waals surface area contributed by atoms with Crippen LogP contribution >= 0.6 is 11.8 Å². The van der Waals surface area contributed by atoms with Crippen LogP contribution in [0.3, 0.4) is 0 Å². The van der Waals surface area contributed by atoms with Crippen LogP contribution in [0, 0.1) is 0 Å². The molecule has 0 spiro atoms. The molecule has 0 aliphatic carbocycles. The van der Waals surface area contributed by atoms with E-state index in [4.69, 9.17) is 0 Å². The van der Waals surface area contributed by atoms with E-state index in [1.54, 1.807) is 25.1 Å². The first-order valence-corrected chi connectivity index (χ1v) is 11.9. The molecule has 8 heteroatoms. The van der Waals surface area contributed by atoms with Crippen molar-refractivity contribution in [2.24, 2.45) is 0 Å². The second-order valence-corrected chi connectivity index (χ2v) is 10.8. The van der Waals surface area contributed by atoms with Crippen molar-refractivity contribution in [2.45, 2.75) is 53.9 Å². The maximum absolute atomic E-state index is 12.9. The molecule has 0 radical (unpaired) electrons. The van der Waals surface area contributed by atoms with Gasteiger partial charge in [-0.3, -0.25) is 9.59 Å². The van der Waals surface area contributed by atoms with E-state index in [1.807, 2.05) is 19.1 Å². The maximum atomic E-state index is 12.9. The molecule has 2 N–H and O–H groups in total. The van der Waals surface area contributed by atoms with Gasteiger partial charge in [-0.25, -0.2) is 8.42 Å². The van der Waals surface area contributed by atoms with Crippen LogP contribution in [-0.4, -0.2) is 30.7 Å². The van der Waals surface area contributed by atoms with Crippen molar-refractivity contribution >= 4 is 44.8 Å². The zero-order valence-electron chi connectivity index (χ0n) is 16.6. The molecule has 1 aliphatic rings. The Morgan fingerprint density at radius 2 is 1.90 bits per heavy atom. The Kier molecular flexibility index (Phi) is 6.33. The van der Waals surface area contributed by atoms with Crippen molar-refractivity contribution in [1.29, 1.82) is 0 Å². The van der Waals surface area contributed by atoms with Gasteiger partial charge in [-0.1, -0.05) is 19.1 Å². The first-order chi connectivity index (χ1) is 13.7. The Morgan fingerprint density at radius 3 is 2.55 bits per heavy atom. The summed E-state index contributed by atoms with van der Waals surface area (Å²) in [5.74, 6) is -0.514. The molecule has 3 rings (SSSR count). The molecule has 6 nitrogen and oxygen atoms in total. The Hall–Kier alpha value is -2.32. The second kappa shape index (κ2) is 8.59. The summed E-state index contributed by atoms with van der Waals surface area (Å²) in [5.41, 5.74) is 2.29. The summed E-state index contributed by atoms with van der Waals surface area (Å²) in [6.07, 6.45) is 0.745. The number of rotatable bonds is 6. The third kappa shape index (κ3) is 4.82. The van der Waals surface area contributed by atoms with Crippen LogP contribution < -0.4 is 10.6 Å². The summed E-state index contributed by atoms with van der Waals surface area (Å²) in [4.78, 5) is 25.1. The number of anilines is 2. The first-order valence-electron chi connectivity index (χ1n) is 9.45. The molecule has 0 aromatic heterocycles. The van der Waals surface area contributed by atoms with Crippen LogP contribution in [0.4, 0.5) is 11.4 Å². The molecule has 1 aliphatic heterocycles. The van der Waals surface area contributed by atoms with Crippen LogP contribution in [0.15, 0.2) is 52.3 Å². The number of hydrogen-bond acceptors (Lipinski definition) is 5. The fraction of sp³-hybridized carbons (Fsp3) is 0.333. The van der Waals surface area contributed by atoms with Gasteiger partial charge in [-0.15, -0.1) is 11.8 Å². The summed E-state index contributed by atoms with van der Waals surface area (Å²) in [5, 5.41) is 4.36. The summed E-state index contributed by atoms with van der Waals surface area (Å²) in [7, 11) is -3.72. The lowest BCUT2D eigenvalue weighted by Gasteiger charge is -2.22.